The fourth-order valence-corrected chi connectivity index (χ4v) is 1.80. The summed E-state index contributed by atoms with van der Waals surface area (Å²) in [6.07, 6.45) is 1.43. The van der Waals surface area contributed by atoms with Crippen molar-refractivity contribution in [1.29, 1.82) is 0 Å². The van der Waals surface area contributed by atoms with E-state index in [0.717, 1.165) is 18.7 Å². The third-order valence-corrected chi connectivity index (χ3v) is 2.74. The first-order chi connectivity index (χ1) is 8.19. The predicted molar refractivity (Wildman–Crippen MR) is 66.5 cm³/mol. The van der Waals surface area contributed by atoms with E-state index in [4.69, 9.17) is 4.52 Å². The highest BCUT2D eigenvalue weighted by Crippen LogP contribution is 2.20. The standard InChI is InChI=1S/C13H17N3O/c1-4-16(3)8-11-5-10(2)6-12(7-11)13-14-9-15-17-13/h5-7,9H,4,8H2,1-3H3. The quantitative estimate of drug-likeness (QED) is 0.810. The van der Waals surface area contributed by atoms with Gasteiger partial charge in [0, 0.05) is 12.1 Å². The average molecular weight is 231 g/mol. The van der Waals surface area contributed by atoms with Crippen LogP contribution in [0.1, 0.15) is 18.1 Å². The molecule has 0 unspecified atom stereocenters. The third-order valence-electron chi connectivity index (χ3n) is 2.74. The Balaban J connectivity index is 2.30. The van der Waals surface area contributed by atoms with E-state index in [0.29, 0.717) is 5.89 Å². The second kappa shape index (κ2) is 5.10. The molecule has 0 saturated heterocycles. The van der Waals surface area contributed by atoms with Gasteiger partial charge in [-0.2, -0.15) is 4.98 Å². The summed E-state index contributed by atoms with van der Waals surface area (Å²) in [5, 5.41) is 3.64. The number of rotatable bonds is 4. The highest BCUT2D eigenvalue weighted by molar-refractivity contribution is 5.55. The minimum absolute atomic E-state index is 0.578. The van der Waals surface area contributed by atoms with Crippen LogP contribution in [-0.4, -0.2) is 28.6 Å². The molecule has 0 fully saturated rings. The predicted octanol–water partition coefficient (Wildman–Crippen LogP) is 2.50. The highest BCUT2D eigenvalue weighted by atomic mass is 16.5. The number of hydrogen-bond donors (Lipinski definition) is 0. The van der Waals surface area contributed by atoms with Gasteiger partial charge in [-0.25, -0.2) is 0 Å². The molecule has 4 heteroatoms. The number of nitrogens with zero attached hydrogens (tertiary/aromatic N) is 3. The monoisotopic (exact) mass is 231 g/mol. The fourth-order valence-electron chi connectivity index (χ4n) is 1.80. The van der Waals surface area contributed by atoms with Crippen molar-refractivity contribution in [3.63, 3.8) is 0 Å². The Hall–Kier alpha value is -1.68. The molecule has 0 spiro atoms. The highest BCUT2D eigenvalue weighted by Gasteiger charge is 2.07. The molecule has 2 aromatic rings. The van der Waals surface area contributed by atoms with Crippen molar-refractivity contribution in [1.82, 2.24) is 15.0 Å². The SMILES string of the molecule is CCN(C)Cc1cc(C)cc(-c2ncno2)c1. The topological polar surface area (TPSA) is 42.2 Å². The van der Waals surface area contributed by atoms with E-state index in [-0.39, 0.29) is 0 Å². The van der Waals surface area contributed by atoms with Crippen LogP contribution in [0.25, 0.3) is 11.5 Å². The van der Waals surface area contributed by atoms with Crippen molar-refractivity contribution in [2.24, 2.45) is 0 Å². The summed E-state index contributed by atoms with van der Waals surface area (Å²) in [6, 6.07) is 6.35. The molecule has 1 aromatic carbocycles. The fraction of sp³-hybridized carbons (Fsp3) is 0.385. The molecule has 0 aliphatic heterocycles. The van der Waals surface area contributed by atoms with E-state index in [1.54, 1.807) is 0 Å². The molecule has 0 bridgehead atoms. The summed E-state index contributed by atoms with van der Waals surface area (Å²) in [5.74, 6) is 0.578. The molecule has 1 heterocycles. The Kier molecular flexibility index (Phi) is 3.54. The van der Waals surface area contributed by atoms with E-state index < -0.39 is 0 Å². The Morgan fingerprint density at radius 1 is 1.29 bits per heavy atom. The Labute approximate surface area is 101 Å². The van der Waals surface area contributed by atoms with Crippen LogP contribution in [0.3, 0.4) is 0 Å². The van der Waals surface area contributed by atoms with Crippen LogP contribution in [0.5, 0.6) is 0 Å². The van der Waals surface area contributed by atoms with Gasteiger partial charge in [-0.1, -0.05) is 23.7 Å². The minimum Gasteiger partial charge on any atom is -0.334 e. The van der Waals surface area contributed by atoms with E-state index in [9.17, 15) is 0 Å². The van der Waals surface area contributed by atoms with Crippen LogP contribution in [-0.2, 0) is 6.54 Å². The number of aryl methyl sites for hydroxylation is 1. The van der Waals surface area contributed by atoms with Gasteiger partial charge in [0.05, 0.1) is 0 Å². The molecular weight excluding hydrogens is 214 g/mol. The largest absolute Gasteiger partial charge is 0.334 e. The second-order valence-corrected chi connectivity index (χ2v) is 4.28. The van der Waals surface area contributed by atoms with Crippen molar-refractivity contribution in [3.8, 4) is 11.5 Å². The zero-order valence-corrected chi connectivity index (χ0v) is 10.5. The Bertz CT molecular complexity index is 479. The molecule has 0 saturated carbocycles. The second-order valence-electron chi connectivity index (χ2n) is 4.28. The van der Waals surface area contributed by atoms with Gasteiger partial charge in [0.2, 0.25) is 0 Å². The molecule has 0 atom stereocenters. The van der Waals surface area contributed by atoms with Gasteiger partial charge in [0.1, 0.15) is 0 Å². The molecule has 17 heavy (non-hydrogen) atoms. The van der Waals surface area contributed by atoms with Crippen LogP contribution in [0, 0.1) is 6.92 Å². The third kappa shape index (κ3) is 2.91. The van der Waals surface area contributed by atoms with Gasteiger partial charge in [-0.3, -0.25) is 0 Å². The first-order valence-corrected chi connectivity index (χ1v) is 5.75. The van der Waals surface area contributed by atoms with Gasteiger partial charge >= 0.3 is 0 Å². The molecule has 90 valence electrons. The van der Waals surface area contributed by atoms with Crippen LogP contribution >= 0.6 is 0 Å². The molecular formula is C13H17N3O. The lowest BCUT2D eigenvalue weighted by atomic mass is 10.1. The van der Waals surface area contributed by atoms with Gasteiger partial charge < -0.3 is 9.42 Å². The lowest BCUT2D eigenvalue weighted by molar-refractivity contribution is 0.345. The molecule has 0 aliphatic rings. The van der Waals surface area contributed by atoms with E-state index in [1.165, 1.54) is 17.5 Å². The van der Waals surface area contributed by atoms with Crippen LogP contribution < -0.4 is 0 Å². The van der Waals surface area contributed by atoms with Crippen LogP contribution in [0.4, 0.5) is 0 Å². The lowest BCUT2D eigenvalue weighted by Crippen LogP contribution is -2.16. The summed E-state index contributed by atoms with van der Waals surface area (Å²) in [5.41, 5.74) is 3.46. The maximum absolute atomic E-state index is 5.09. The summed E-state index contributed by atoms with van der Waals surface area (Å²) in [4.78, 5) is 6.33. The molecule has 0 N–H and O–H groups in total. The van der Waals surface area contributed by atoms with Gasteiger partial charge in [0.25, 0.3) is 5.89 Å². The van der Waals surface area contributed by atoms with Crippen molar-refractivity contribution in [2.45, 2.75) is 20.4 Å². The molecule has 0 amide bonds. The lowest BCUT2D eigenvalue weighted by Gasteiger charge is -2.14. The van der Waals surface area contributed by atoms with E-state index >= 15 is 0 Å². The normalized spacial score (nSPS) is 11.1. The smallest absolute Gasteiger partial charge is 0.257 e. The number of benzene rings is 1. The van der Waals surface area contributed by atoms with E-state index in [1.807, 2.05) is 0 Å². The van der Waals surface area contributed by atoms with Crippen molar-refractivity contribution in [3.05, 3.63) is 35.7 Å². The molecule has 2 rings (SSSR count). The van der Waals surface area contributed by atoms with Crippen LogP contribution in [0.15, 0.2) is 29.0 Å². The maximum Gasteiger partial charge on any atom is 0.257 e. The van der Waals surface area contributed by atoms with Gasteiger partial charge in [0.15, 0.2) is 6.33 Å². The zero-order valence-electron chi connectivity index (χ0n) is 10.5. The molecule has 0 aliphatic carbocycles. The summed E-state index contributed by atoms with van der Waals surface area (Å²) in [7, 11) is 2.11. The zero-order chi connectivity index (χ0) is 12.3. The Morgan fingerprint density at radius 2 is 2.12 bits per heavy atom. The number of aromatic nitrogens is 2. The Morgan fingerprint density at radius 3 is 2.76 bits per heavy atom. The first-order valence-electron chi connectivity index (χ1n) is 5.75. The molecule has 1 aromatic heterocycles. The average Bonchev–Trinajstić information content (AvgIpc) is 2.81. The number of hydrogen-bond acceptors (Lipinski definition) is 4. The van der Waals surface area contributed by atoms with Crippen LogP contribution in [0.2, 0.25) is 0 Å². The van der Waals surface area contributed by atoms with E-state index in [2.05, 4.69) is 54.1 Å². The molecule has 0 radical (unpaired) electrons. The van der Waals surface area contributed by atoms with Crippen molar-refractivity contribution < 1.29 is 4.52 Å². The van der Waals surface area contributed by atoms with Gasteiger partial charge in [-0.05, 0) is 38.2 Å². The summed E-state index contributed by atoms with van der Waals surface area (Å²) >= 11 is 0. The summed E-state index contributed by atoms with van der Waals surface area (Å²) in [6.45, 7) is 6.19. The minimum atomic E-state index is 0.578. The molecule has 4 nitrogen and oxygen atoms in total. The van der Waals surface area contributed by atoms with Gasteiger partial charge in [-0.15, -0.1) is 0 Å². The first kappa shape index (κ1) is 11.8. The van der Waals surface area contributed by atoms with Crippen molar-refractivity contribution >= 4 is 0 Å². The maximum atomic E-state index is 5.09. The van der Waals surface area contributed by atoms with Crippen molar-refractivity contribution in [2.75, 3.05) is 13.6 Å². The summed E-state index contributed by atoms with van der Waals surface area (Å²) < 4.78 is 5.09.